The molecule has 7 nitrogen and oxygen atoms in total. The Labute approximate surface area is 238 Å². The Morgan fingerprint density at radius 1 is 0.775 bits per heavy atom. The van der Waals surface area contributed by atoms with Gasteiger partial charge in [-0.25, -0.2) is 0 Å². The molecule has 2 aliphatic rings. The lowest BCUT2D eigenvalue weighted by Gasteiger charge is -2.22. The van der Waals surface area contributed by atoms with Gasteiger partial charge in [-0.2, -0.15) is 0 Å². The predicted octanol–water partition coefficient (Wildman–Crippen LogP) is 4.64. The zero-order valence-electron chi connectivity index (χ0n) is 23.8. The second-order valence-electron chi connectivity index (χ2n) is 11.3. The summed E-state index contributed by atoms with van der Waals surface area (Å²) in [6.45, 7) is 8.56. The summed E-state index contributed by atoms with van der Waals surface area (Å²) >= 11 is 0. The van der Waals surface area contributed by atoms with Crippen LogP contribution in [0.4, 0.5) is 0 Å². The normalized spacial score (nSPS) is 17.8. The minimum absolute atomic E-state index is 0.0487. The van der Waals surface area contributed by atoms with Crippen LogP contribution in [0.1, 0.15) is 34.3 Å². The van der Waals surface area contributed by atoms with Crippen molar-refractivity contribution >= 4 is 12.1 Å². The second-order valence-corrected chi connectivity index (χ2v) is 11.3. The third-order valence-corrected chi connectivity index (χ3v) is 8.23. The van der Waals surface area contributed by atoms with Gasteiger partial charge in [-0.15, -0.1) is 0 Å². The van der Waals surface area contributed by atoms with E-state index in [0.717, 1.165) is 93.1 Å². The molecule has 0 bridgehead atoms. The number of likely N-dealkylation sites (N-methyl/N-ethyl adjacent to an activating group) is 2. The van der Waals surface area contributed by atoms with Crippen molar-refractivity contribution in [1.82, 2.24) is 19.6 Å². The highest BCUT2D eigenvalue weighted by Gasteiger charge is 2.21. The molecule has 40 heavy (non-hydrogen) atoms. The van der Waals surface area contributed by atoms with Gasteiger partial charge in [0.05, 0.1) is 0 Å². The van der Waals surface area contributed by atoms with Crippen molar-refractivity contribution in [3.63, 3.8) is 0 Å². The third-order valence-electron chi connectivity index (χ3n) is 8.23. The summed E-state index contributed by atoms with van der Waals surface area (Å²) in [6, 6.07) is 19.5. The maximum atomic E-state index is 13.6. The number of hydrogen-bond acceptors (Lipinski definition) is 6. The molecule has 3 aromatic carbocycles. The molecular weight excluding hydrogens is 498 g/mol. The number of nitrogens with zero attached hydrogens (tertiary/aromatic N) is 4. The second kappa shape index (κ2) is 12.8. The summed E-state index contributed by atoms with van der Waals surface area (Å²) < 4.78 is 0. The number of nitrogens with one attached hydrogen (secondary N) is 1. The van der Waals surface area contributed by atoms with Gasteiger partial charge >= 0.3 is 0 Å². The van der Waals surface area contributed by atoms with Crippen LogP contribution >= 0.6 is 0 Å². The summed E-state index contributed by atoms with van der Waals surface area (Å²) in [7, 11) is 4.28. The largest absolute Gasteiger partial charge is 0.508 e. The van der Waals surface area contributed by atoms with E-state index < -0.39 is 0 Å². The molecule has 1 amide bonds. The highest BCUT2D eigenvalue weighted by molar-refractivity contribution is 6.00. The molecule has 0 unspecified atom stereocenters. The molecular formula is C33H41N5O2. The Hall–Kier alpha value is -3.52. The number of hydrogen-bond donors (Lipinski definition) is 2. The van der Waals surface area contributed by atoms with Gasteiger partial charge in [0.2, 0.25) is 0 Å². The van der Waals surface area contributed by atoms with Gasteiger partial charge < -0.3 is 25.2 Å². The summed E-state index contributed by atoms with van der Waals surface area (Å²) in [5, 5.41) is 18.2. The van der Waals surface area contributed by atoms with Crippen LogP contribution in [-0.2, 0) is 6.54 Å². The lowest BCUT2D eigenvalue weighted by molar-refractivity contribution is 0.0763. The molecule has 5 rings (SSSR count). The van der Waals surface area contributed by atoms with Gasteiger partial charge in [0.1, 0.15) is 5.75 Å². The molecule has 0 saturated carbocycles. The number of amides is 1. The van der Waals surface area contributed by atoms with E-state index in [1.54, 1.807) is 12.1 Å². The first-order valence-electron chi connectivity index (χ1n) is 14.4. The molecule has 0 radical (unpaired) electrons. The quantitative estimate of drug-likeness (QED) is 0.447. The first-order chi connectivity index (χ1) is 19.4. The van der Waals surface area contributed by atoms with E-state index in [1.165, 1.54) is 18.2 Å². The van der Waals surface area contributed by atoms with E-state index in [-0.39, 0.29) is 11.7 Å². The van der Waals surface area contributed by atoms with Crippen LogP contribution in [0.3, 0.4) is 0 Å². The molecule has 0 spiro atoms. The van der Waals surface area contributed by atoms with Gasteiger partial charge in [-0.3, -0.25) is 9.69 Å². The number of carbonyl (C=O) groups is 1. The number of carbonyl (C=O) groups excluding carboxylic acids is 1. The minimum Gasteiger partial charge on any atom is -0.508 e. The van der Waals surface area contributed by atoms with E-state index in [4.69, 9.17) is 5.41 Å². The van der Waals surface area contributed by atoms with E-state index >= 15 is 0 Å². The molecule has 2 saturated heterocycles. The van der Waals surface area contributed by atoms with Gasteiger partial charge in [-0.05, 0) is 105 Å². The smallest absolute Gasteiger partial charge is 0.253 e. The van der Waals surface area contributed by atoms with E-state index in [9.17, 15) is 9.90 Å². The fourth-order valence-corrected chi connectivity index (χ4v) is 5.82. The van der Waals surface area contributed by atoms with Crippen LogP contribution in [0.15, 0.2) is 60.7 Å². The van der Waals surface area contributed by atoms with Crippen molar-refractivity contribution in [2.75, 3.05) is 66.5 Å². The maximum absolute atomic E-state index is 13.6. The Morgan fingerprint density at radius 2 is 1.48 bits per heavy atom. The molecule has 2 fully saturated rings. The Morgan fingerprint density at radius 3 is 2.23 bits per heavy atom. The lowest BCUT2D eigenvalue weighted by Crippen LogP contribution is -2.34. The predicted molar refractivity (Wildman–Crippen MR) is 162 cm³/mol. The Balaban J connectivity index is 1.49. The molecule has 210 valence electrons. The van der Waals surface area contributed by atoms with Crippen molar-refractivity contribution in [1.29, 1.82) is 5.41 Å². The van der Waals surface area contributed by atoms with Crippen LogP contribution in [0.2, 0.25) is 0 Å². The van der Waals surface area contributed by atoms with Crippen LogP contribution in [0, 0.1) is 5.41 Å². The summed E-state index contributed by atoms with van der Waals surface area (Å²) in [5.74, 6) is 0.253. The average Bonchev–Trinajstić information content (AvgIpc) is 3.32. The van der Waals surface area contributed by atoms with Crippen molar-refractivity contribution in [3.05, 3.63) is 77.4 Å². The van der Waals surface area contributed by atoms with Crippen LogP contribution < -0.4 is 0 Å². The minimum atomic E-state index is 0.0487. The number of rotatable bonds is 6. The number of benzene rings is 3. The van der Waals surface area contributed by atoms with Crippen molar-refractivity contribution in [3.8, 4) is 28.0 Å². The van der Waals surface area contributed by atoms with Gasteiger partial charge in [-0.1, -0.05) is 30.3 Å². The summed E-state index contributed by atoms with van der Waals surface area (Å²) in [6.07, 6.45) is 3.57. The number of phenols is 1. The summed E-state index contributed by atoms with van der Waals surface area (Å²) in [5.41, 5.74) is 6.51. The zero-order chi connectivity index (χ0) is 28.1. The van der Waals surface area contributed by atoms with Crippen molar-refractivity contribution < 1.29 is 9.90 Å². The Bertz CT molecular complexity index is 1340. The standard InChI is InChI=1S/C33H41N5O2/c1-35-13-3-15-37(19-17-35)24-25-5-11-30(28(21-25)23-34)31-12-8-27(22-32(31)26-6-9-29(39)10-7-26)33(40)38-16-4-14-36(2)18-20-38/h5-12,21-23,34,39H,3-4,13-20,24H2,1-2H3. The van der Waals surface area contributed by atoms with Crippen LogP contribution in [0.5, 0.6) is 5.75 Å². The molecule has 0 aromatic heterocycles. The maximum Gasteiger partial charge on any atom is 0.253 e. The van der Waals surface area contributed by atoms with E-state index in [2.05, 4.69) is 47.0 Å². The van der Waals surface area contributed by atoms with Gasteiger partial charge in [0.25, 0.3) is 5.91 Å². The number of phenolic OH excluding ortho intramolecular Hbond substituents is 1. The monoisotopic (exact) mass is 539 g/mol. The van der Waals surface area contributed by atoms with Crippen molar-refractivity contribution in [2.45, 2.75) is 19.4 Å². The first-order valence-corrected chi connectivity index (χ1v) is 14.4. The van der Waals surface area contributed by atoms with E-state index in [1.807, 2.05) is 35.2 Å². The summed E-state index contributed by atoms with van der Waals surface area (Å²) in [4.78, 5) is 22.7. The Kier molecular flexibility index (Phi) is 8.94. The fraction of sp³-hybridized carbons (Fsp3) is 0.394. The highest BCUT2D eigenvalue weighted by atomic mass is 16.3. The number of aromatic hydroxyl groups is 1. The SMILES string of the molecule is CN1CCCN(Cc2ccc(-c3ccc(C(=O)N4CCCN(C)CC4)cc3-c3ccc(O)cc3)c(C=N)c2)CC1. The van der Waals surface area contributed by atoms with Gasteiger partial charge in [0, 0.05) is 56.6 Å². The van der Waals surface area contributed by atoms with E-state index in [0.29, 0.717) is 5.56 Å². The van der Waals surface area contributed by atoms with Gasteiger partial charge in [0.15, 0.2) is 0 Å². The van der Waals surface area contributed by atoms with Crippen LogP contribution in [-0.4, -0.2) is 103 Å². The van der Waals surface area contributed by atoms with Crippen LogP contribution in [0.25, 0.3) is 22.3 Å². The zero-order valence-corrected chi connectivity index (χ0v) is 23.8. The third kappa shape index (κ3) is 6.61. The molecule has 2 aliphatic heterocycles. The first kappa shape index (κ1) is 28.0. The molecule has 2 N–H and O–H groups in total. The highest BCUT2D eigenvalue weighted by Crippen LogP contribution is 2.36. The average molecular weight is 540 g/mol. The fourth-order valence-electron chi connectivity index (χ4n) is 5.82. The molecule has 0 aliphatic carbocycles. The molecule has 0 atom stereocenters. The topological polar surface area (TPSA) is 74.1 Å². The van der Waals surface area contributed by atoms with Crippen molar-refractivity contribution in [2.24, 2.45) is 0 Å². The molecule has 2 heterocycles. The molecule has 3 aromatic rings. The molecule has 7 heteroatoms. The lowest BCUT2D eigenvalue weighted by atomic mass is 9.89.